The van der Waals surface area contributed by atoms with Crippen molar-refractivity contribution in [3.8, 4) is 22.9 Å². The van der Waals surface area contributed by atoms with Crippen molar-refractivity contribution in [2.45, 2.75) is 6.54 Å². The summed E-state index contributed by atoms with van der Waals surface area (Å²) in [6, 6.07) is 9.39. The first kappa shape index (κ1) is 22.5. The van der Waals surface area contributed by atoms with E-state index in [1.54, 1.807) is 30.3 Å². The zero-order valence-corrected chi connectivity index (χ0v) is 18.1. The number of methoxy groups -OCH3 is 1. The maximum absolute atomic E-state index is 14.2. The number of ether oxygens (including phenoxy) is 1. The number of anilines is 1. The summed E-state index contributed by atoms with van der Waals surface area (Å²) in [5.41, 5.74) is 1.47. The molecule has 0 saturated heterocycles. The van der Waals surface area contributed by atoms with E-state index in [4.69, 9.17) is 9.26 Å². The fraction of sp³-hybridized carbons (Fsp3) is 0.200. The van der Waals surface area contributed by atoms with Crippen LogP contribution >= 0.6 is 0 Å². The topological polar surface area (TPSA) is 125 Å². The van der Waals surface area contributed by atoms with Crippen LogP contribution in [0.5, 0.6) is 0 Å². The first-order valence-electron chi connectivity index (χ1n) is 9.60. The highest BCUT2D eigenvalue weighted by molar-refractivity contribution is 7.92. The lowest BCUT2D eigenvalue weighted by Gasteiger charge is -2.08. The number of aromatic nitrogens is 5. The molecule has 0 amide bonds. The van der Waals surface area contributed by atoms with Crippen molar-refractivity contribution in [3.63, 3.8) is 0 Å². The molecule has 4 rings (SSSR count). The predicted octanol–water partition coefficient (Wildman–Crippen LogP) is 2.71. The monoisotopic (exact) mass is 476 g/mol. The summed E-state index contributed by atoms with van der Waals surface area (Å²) < 4.78 is 65.8. The second-order valence-corrected chi connectivity index (χ2v) is 8.69. The smallest absolute Gasteiger partial charge is 0.236 e. The van der Waals surface area contributed by atoms with Gasteiger partial charge in [-0.2, -0.15) is 5.10 Å². The summed E-state index contributed by atoms with van der Waals surface area (Å²) in [4.78, 5) is 7.91. The SMILES string of the molecule is COCCS(=O)(=O)Nc1nc(-c2cc(-c3ccon3)n(Cc3ccccc3F)n2)ncc1F. The van der Waals surface area contributed by atoms with E-state index >= 15 is 0 Å². The Kier molecular flexibility index (Phi) is 6.42. The molecular weight excluding hydrogens is 458 g/mol. The summed E-state index contributed by atoms with van der Waals surface area (Å²) in [5, 5.41) is 8.31. The first-order valence-corrected chi connectivity index (χ1v) is 11.3. The minimum atomic E-state index is -3.90. The molecule has 4 aromatic rings. The van der Waals surface area contributed by atoms with Gasteiger partial charge in [-0.1, -0.05) is 23.4 Å². The molecule has 0 aliphatic rings. The summed E-state index contributed by atoms with van der Waals surface area (Å²) in [6.45, 7) is -0.0109. The van der Waals surface area contributed by atoms with E-state index in [9.17, 15) is 17.2 Å². The van der Waals surface area contributed by atoms with E-state index < -0.39 is 27.5 Å². The van der Waals surface area contributed by atoms with Gasteiger partial charge in [-0.05, 0) is 12.1 Å². The summed E-state index contributed by atoms with van der Waals surface area (Å²) in [5.74, 6) is -2.31. The Bertz CT molecular complexity index is 1360. The van der Waals surface area contributed by atoms with Crippen LogP contribution in [-0.2, 0) is 21.3 Å². The molecule has 172 valence electrons. The molecule has 1 N–H and O–H groups in total. The van der Waals surface area contributed by atoms with Gasteiger partial charge in [0.25, 0.3) is 0 Å². The van der Waals surface area contributed by atoms with Gasteiger partial charge in [0.05, 0.1) is 30.8 Å². The molecule has 0 spiro atoms. The number of halogens is 2. The summed E-state index contributed by atoms with van der Waals surface area (Å²) in [6.07, 6.45) is 2.21. The molecule has 0 aliphatic heterocycles. The lowest BCUT2D eigenvalue weighted by molar-refractivity contribution is 0.217. The number of rotatable bonds is 9. The molecule has 0 aliphatic carbocycles. The van der Waals surface area contributed by atoms with Crippen LogP contribution < -0.4 is 4.72 Å². The van der Waals surface area contributed by atoms with E-state index in [2.05, 4.69) is 24.9 Å². The fourth-order valence-electron chi connectivity index (χ4n) is 2.94. The van der Waals surface area contributed by atoms with Gasteiger partial charge in [0.1, 0.15) is 23.5 Å². The van der Waals surface area contributed by atoms with Crippen LogP contribution in [0.3, 0.4) is 0 Å². The Labute approximate surface area is 187 Å². The van der Waals surface area contributed by atoms with Gasteiger partial charge >= 0.3 is 0 Å². The van der Waals surface area contributed by atoms with Crippen LogP contribution in [0.2, 0.25) is 0 Å². The highest BCUT2D eigenvalue weighted by Crippen LogP contribution is 2.26. The van der Waals surface area contributed by atoms with Crippen LogP contribution in [0.25, 0.3) is 22.9 Å². The standard InChI is InChI=1S/C20H18F2N6O4S/c1-31-8-9-33(29,30)27-19-15(22)11-23-20(24-19)17-10-18(16-6-7-32-26-16)28(25-17)12-13-4-2-3-5-14(13)21/h2-7,10-11H,8-9,12H2,1H3,(H,23,24,27). The highest BCUT2D eigenvalue weighted by atomic mass is 32.2. The maximum atomic E-state index is 14.2. The van der Waals surface area contributed by atoms with Crippen molar-refractivity contribution < 1.29 is 26.5 Å². The fourth-order valence-corrected chi connectivity index (χ4v) is 3.86. The Balaban J connectivity index is 1.71. The number of sulfonamides is 1. The molecule has 0 unspecified atom stereocenters. The molecule has 0 fully saturated rings. The number of hydrogen-bond acceptors (Lipinski definition) is 8. The molecule has 10 nitrogen and oxygen atoms in total. The highest BCUT2D eigenvalue weighted by Gasteiger charge is 2.20. The minimum absolute atomic E-state index is 0.0436. The molecule has 3 aromatic heterocycles. The quantitative estimate of drug-likeness (QED) is 0.391. The van der Waals surface area contributed by atoms with Gasteiger partial charge < -0.3 is 9.26 Å². The Morgan fingerprint density at radius 1 is 1.15 bits per heavy atom. The van der Waals surface area contributed by atoms with Crippen molar-refractivity contribution in [3.05, 3.63) is 66.1 Å². The van der Waals surface area contributed by atoms with Gasteiger partial charge in [-0.3, -0.25) is 9.40 Å². The van der Waals surface area contributed by atoms with Crippen LogP contribution in [0, 0.1) is 11.6 Å². The molecule has 3 heterocycles. The van der Waals surface area contributed by atoms with E-state index in [0.29, 0.717) is 17.0 Å². The van der Waals surface area contributed by atoms with Crippen molar-refractivity contribution in [2.24, 2.45) is 0 Å². The van der Waals surface area contributed by atoms with E-state index in [-0.39, 0.29) is 30.4 Å². The molecule has 0 atom stereocenters. The molecule has 0 bridgehead atoms. The zero-order chi connectivity index (χ0) is 23.4. The zero-order valence-electron chi connectivity index (χ0n) is 17.3. The Morgan fingerprint density at radius 2 is 1.97 bits per heavy atom. The van der Waals surface area contributed by atoms with E-state index in [0.717, 1.165) is 6.20 Å². The Hall–Kier alpha value is -3.71. The second-order valence-electron chi connectivity index (χ2n) is 6.85. The van der Waals surface area contributed by atoms with Gasteiger partial charge in [0, 0.05) is 18.7 Å². The average Bonchev–Trinajstić information content (AvgIpc) is 3.45. The molecule has 13 heteroatoms. The molecule has 0 radical (unpaired) electrons. The van der Waals surface area contributed by atoms with Crippen molar-refractivity contribution in [2.75, 3.05) is 24.2 Å². The van der Waals surface area contributed by atoms with Crippen LogP contribution in [-0.4, -0.2) is 52.8 Å². The van der Waals surface area contributed by atoms with E-state index in [1.165, 1.54) is 24.1 Å². The number of hydrogen-bond donors (Lipinski definition) is 1. The lowest BCUT2D eigenvalue weighted by Crippen LogP contribution is -2.21. The van der Waals surface area contributed by atoms with Gasteiger partial charge in [-0.15, -0.1) is 0 Å². The second kappa shape index (κ2) is 9.42. The molecule has 33 heavy (non-hydrogen) atoms. The average molecular weight is 476 g/mol. The van der Waals surface area contributed by atoms with Crippen molar-refractivity contribution in [1.82, 2.24) is 24.9 Å². The van der Waals surface area contributed by atoms with Crippen LogP contribution in [0.15, 0.2) is 53.4 Å². The molecule has 0 saturated carbocycles. The number of nitrogens with one attached hydrogen (secondary N) is 1. The van der Waals surface area contributed by atoms with Crippen LogP contribution in [0.1, 0.15) is 5.56 Å². The largest absolute Gasteiger partial charge is 0.384 e. The summed E-state index contributed by atoms with van der Waals surface area (Å²) in [7, 11) is -2.55. The third kappa shape index (κ3) is 5.21. The van der Waals surface area contributed by atoms with E-state index in [1.807, 2.05) is 0 Å². The molecule has 1 aromatic carbocycles. The minimum Gasteiger partial charge on any atom is -0.384 e. The first-order chi connectivity index (χ1) is 15.9. The number of nitrogens with zero attached hydrogens (tertiary/aromatic N) is 5. The van der Waals surface area contributed by atoms with Gasteiger partial charge in [0.15, 0.2) is 17.5 Å². The normalized spacial score (nSPS) is 11.6. The predicted molar refractivity (Wildman–Crippen MR) is 113 cm³/mol. The van der Waals surface area contributed by atoms with Crippen LogP contribution in [0.4, 0.5) is 14.6 Å². The van der Waals surface area contributed by atoms with Gasteiger partial charge in [0.2, 0.25) is 10.0 Å². The van der Waals surface area contributed by atoms with Crippen molar-refractivity contribution in [1.29, 1.82) is 0 Å². The molecular formula is C20H18F2N6O4S. The van der Waals surface area contributed by atoms with Crippen molar-refractivity contribution >= 4 is 15.8 Å². The Morgan fingerprint density at radius 3 is 2.70 bits per heavy atom. The maximum Gasteiger partial charge on any atom is 0.236 e. The number of benzene rings is 1. The van der Waals surface area contributed by atoms with Gasteiger partial charge in [-0.25, -0.2) is 27.2 Å². The summed E-state index contributed by atoms with van der Waals surface area (Å²) >= 11 is 0. The third-order valence-electron chi connectivity index (χ3n) is 4.54. The third-order valence-corrected chi connectivity index (χ3v) is 5.75. The lowest BCUT2D eigenvalue weighted by atomic mass is 10.2.